The molecule has 0 spiro atoms. The number of urea groups is 1. The topological polar surface area (TPSA) is 87.7 Å². The standard InChI is InChI=1S/C14H15BrN2O4/c1-21-10-4-5-11(15)12(7-10)17-14(20)16-9-3-2-8(6-9)13(18)19/h2-5,7-9H,6H2,1H3,(H,18,19)(H2,16,17,20). The predicted octanol–water partition coefficient (Wildman–Crippen LogP) is 2.61. The van der Waals surface area contributed by atoms with E-state index in [-0.39, 0.29) is 6.04 Å². The number of ether oxygens (including phenoxy) is 1. The van der Waals surface area contributed by atoms with E-state index in [0.717, 1.165) is 4.47 Å². The largest absolute Gasteiger partial charge is 0.497 e. The number of hydrogen-bond donors (Lipinski definition) is 3. The molecule has 0 aromatic heterocycles. The monoisotopic (exact) mass is 354 g/mol. The first-order chi connectivity index (χ1) is 9.99. The maximum Gasteiger partial charge on any atom is 0.319 e. The van der Waals surface area contributed by atoms with Gasteiger partial charge in [-0.25, -0.2) is 4.79 Å². The third-order valence-electron chi connectivity index (χ3n) is 3.14. The minimum absolute atomic E-state index is 0.282. The number of anilines is 1. The van der Waals surface area contributed by atoms with Crippen molar-refractivity contribution < 1.29 is 19.4 Å². The van der Waals surface area contributed by atoms with E-state index in [4.69, 9.17) is 9.84 Å². The molecule has 1 aromatic carbocycles. The van der Waals surface area contributed by atoms with Crippen LogP contribution in [0.3, 0.4) is 0 Å². The number of carboxylic acids is 1. The molecule has 0 heterocycles. The van der Waals surface area contributed by atoms with Crippen LogP contribution in [0.5, 0.6) is 5.75 Å². The molecule has 1 aromatic rings. The zero-order valence-corrected chi connectivity index (χ0v) is 12.9. The summed E-state index contributed by atoms with van der Waals surface area (Å²) in [6.45, 7) is 0. The lowest BCUT2D eigenvalue weighted by Crippen LogP contribution is -2.36. The van der Waals surface area contributed by atoms with E-state index in [0.29, 0.717) is 17.9 Å². The molecule has 1 aliphatic rings. The van der Waals surface area contributed by atoms with Gasteiger partial charge in [0.15, 0.2) is 0 Å². The van der Waals surface area contributed by atoms with Crippen LogP contribution in [-0.2, 0) is 4.79 Å². The molecule has 0 bridgehead atoms. The number of carboxylic acid groups (broad SMARTS) is 1. The maximum atomic E-state index is 11.9. The van der Waals surface area contributed by atoms with Crippen LogP contribution < -0.4 is 15.4 Å². The lowest BCUT2D eigenvalue weighted by atomic mass is 10.1. The number of benzene rings is 1. The van der Waals surface area contributed by atoms with Crippen molar-refractivity contribution in [3.05, 3.63) is 34.8 Å². The van der Waals surface area contributed by atoms with Crippen molar-refractivity contribution >= 4 is 33.6 Å². The molecule has 3 N–H and O–H groups in total. The second-order valence-corrected chi connectivity index (χ2v) is 5.47. The molecule has 0 aliphatic heterocycles. The zero-order chi connectivity index (χ0) is 15.4. The molecule has 2 unspecified atom stereocenters. The Labute approximate surface area is 130 Å². The predicted molar refractivity (Wildman–Crippen MR) is 81.5 cm³/mol. The van der Waals surface area contributed by atoms with Crippen LogP contribution in [0.15, 0.2) is 34.8 Å². The summed E-state index contributed by atoms with van der Waals surface area (Å²) < 4.78 is 5.82. The Hall–Kier alpha value is -2.02. The van der Waals surface area contributed by atoms with E-state index in [1.807, 2.05) is 0 Å². The minimum atomic E-state index is -0.883. The van der Waals surface area contributed by atoms with Crippen LogP contribution in [0.25, 0.3) is 0 Å². The van der Waals surface area contributed by atoms with E-state index < -0.39 is 17.9 Å². The fourth-order valence-corrected chi connectivity index (χ4v) is 2.39. The molecule has 1 aliphatic carbocycles. The Morgan fingerprint density at radius 2 is 2.14 bits per heavy atom. The van der Waals surface area contributed by atoms with Crippen LogP contribution in [0, 0.1) is 5.92 Å². The van der Waals surface area contributed by atoms with E-state index in [1.165, 1.54) is 0 Å². The normalized spacial score (nSPS) is 20.1. The molecule has 112 valence electrons. The highest BCUT2D eigenvalue weighted by molar-refractivity contribution is 9.10. The maximum absolute atomic E-state index is 11.9. The first-order valence-corrected chi connectivity index (χ1v) is 7.11. The van der Waals surface area contributed by atoms with Crippen molar-refractivity contribution in [1.29, 1.82) is 0 Å². The summed E-state index contributed by atoms with van der Waals surface area (Å²) in [4.78, 5) is 22.8. The van der Waals surface area contributed by atoms with Crippen LogP contribution in [0.2, 0.25) is 0 Å². The van der Waals surface area contributed by atoms with Crippen LogP contribution in [0.4, 0.5) is 10.5 Å². The first kappa shape index (κ1) is 15.4. The summed E-state index contributed by atoms with van der Waals surface area (Å²) in [5.41, 5.74) is 0.573. The van der Waals surface area contributed by atoms with Gasteiger partial charge in [-0.3, -0.25) is 4.79 Å². The van der Waals surface area contributed by atoms with Crippen LogP contribution in [0.1, 0.15) is 6.42 Å². The molecule has 0 saturated carbocycles. The quantitative estimate of drug-likeness (QED) is 0.725. The lowest BCUT2D eigenvalue weighted by molar-refractivity contribution is -0.140. The molecular formula is C14H15BrN2O4. The van der Waals surface area contributed by atoms with Gasteiger partial charge >= 0.3 is 12.0 Å². The summed E-state index contributed by atoms with van der Waals surface area (Å²) in [6.07, 6.45) is 3.65. The first-order valence-electron chi connectivity index (χ1n) is 6.32. The molecule has 0 saturated heterocycles. The second kappa shape index (κ2) is 6.62. The average Bonchev–Trinajstić information content (AvgIpc) is 2.90. The molecule has 6 nitrogen and oxygen atoms in total. The van der Waals surface area contributed by atoms with Gasteiger partial charge in [-0.1, -0.05) is 12.2 Å². The third-order valence-corrected chi connectivity index (χ3v) is 3.83. The minimum Gasteiger partial charge on any atom is -0.497 e. The number of hydrogen-bond acceptors (Lipinski definition) is 3. The van der Waals surface area contributed by atoms with Gasteiger partial charge in [0.25, 0.3) is 0 Å². The van der Waals surface area contributed by atoms with Crippen molar-refractivity contribution in [1.82, 2.24) is 5.32 Å². The van der Waals surface area contributed by atoms with Gasteiger partial charge in [-0.05, 0) is 34.5 Å². The van der Waals surface area contributed by atoms with Gasteiger partial charge in [0, 0.05) is 10.5 Å². The molecule has 0 fully saturated rings. The Kier molecular flexibility index (Phi) is 4.85. The highest BCUT2D eigenvalue weighted by atomic mass is 79.9. The molecule has 2 rings (SSSR count). The Bertz CT molecular complexity index is 588. The van der Waals surface area contributed by atoms with Crippen molar-refractivity contribution in [3.63, 3.8) is 0 Å². The van der Waals surface area contributed by atoms with Crippen molar-refractivity contribution in [2.45, 2.75) is 12.5 Å². The Balaban J connectivity index is 1.94. The Morgan fingerprint density at radius 3 is 2.76 bits per heavy atom. The summed E-state index contributed by atoms with van der Waals surface area (Å²) in [5, 5.41) is 14.3. The number of carbonyl (C=O) groups is 2. The van der Waals surface area contributed by atoms with Gasteiger partial charge in [0.05, 0.1) is 24.8 Å². The lowest BCUT2D eigenvalue weighted by Gasteiger charge is -2.14. The second-order valence-electron chi connectivity index (χ2n) is 4.62. The fraction of sp³-hybridized carbons (Fsp3) is 0.286. The number of rotatable bonds is 4. The molecule has 2 amide bonds. The van der Waals surface area contributed by atoms with E-state index in [1.54, 1.807) is 37.5 Å². The average molecular weight is 355 g/mol. The van der Waals surface area contributed by atoms with Crippen molar-refractivity contribution in [2.75, 3.05) is 12.4 Å². The van der Waals surface area contributed by atoms with Gasteiger partial charge in [-0.15, -0.1) is 0 Å². The zero-order valence-electron chi connectivity index (χ0n) is 11.3. The van der Waals surface area contributed by atoms with Gasteiger partial charge in [-0.2, -0.15) is 0 Å². The number of aliphatic carboxylic acids is 1. The molecule has 21 heavy (non-hydrogen) atoms. The van der Waals surface area contributed by atoms with E-state index >= 15 is 0 Å². The molecule has 0 radical (unpaired) electrons. The van der Waals surface area contributed by atoms with Crippen molar-refractivity contribution in [2.24, 2.45) is 5.92 Å². The van der Waals surface area contributed by atoms with Crippen LogP contribution >= 0.6 is 15.9 Å². The molecule has 7 heteroatoms. The number of carbonyl (C=O) groups excluding carboxylic acids is 1. The summed E-state index contributed by atoms with van der Waals surface area (Å²) >= 11 is 3.34. The van der Waals surface area contributed by atoms with Gasteiger partial charge in [0.2, 0.25) is 0 Å². The van der Waals surface area contributed by atoms with Gasteiger partial charge < -0.3 is 20.5 Å². The van der Waals surface area contributed by atoms with Gasteiger partial charge in [0.1, 0.15) is 5.75 Å². The number of methoxy groups -OCH3 is 1. The summed E-state index contributed by atoms with van der Waals surface area (Å²) in [6, 6.07) is 4.54. The SMILES string of the molecule is COc1ccc(Br)c(NC(=O)NC2C=CC(C(=O)O)C2)c1. The number of halogens is 1. The molecular weight excluding hydrogens is 340 g/mol. The molecule has 2 atom stereocenters. The van der Waals surface area contributed by atoms with Crippen molar-refractivity contribution in [3.8, 4) is 5.75 Å². The highest BCUT2D eigenvalue weighted by Crippen LogP contribution is 2.27. The smallest absolute Gasteiger partial charge is 0.319 e. The number of nitrogens with one attached hydrogen (secondary N) is 2. The van der Waals surface area contributed by atoms with E-state index in [9.17, 15) is 9.59 Å². The summed E-state index contributed by atoms with van der Waals surface area (Å²) in [7, 11) is 1.54. The highest BCUT2D eigenvalue weighted by Gasteiger charge is 2.25. The Morgan fingerprint density at radius 1 is 1.38 bits per heavy atom. The summed E-state index contributed by atoms with van der Waals surface area (Å²) in [5.74, 6) is -0.800. The number of amides is 2. The van der Waals surface area contributed by atoms with Crippen LogP contribution in [-0.4, -0.2) is 30.3 Å². The third kappa shape index (κ3) is 3.98. The van der Waals surface area contributed by atoms with E-state index in [2.05, 4.69) is 26.6 Å². The fourth-order valence-electron chi connectivity index (χ4n) is 2.04.